The van der Waals surface area contributed by atoms with Crippen molar-refractivity contribution in [2.24, 2.45) is 0 Å². The third-order valence-corrected chi connectivity index (χ3v) is 3.63. The van der Waals surface area contributed by atoms with E-state index in [1.54, 1.807) is 10.7 Å². The molecule has 0 saturated carbocycles. The summed E-state index contributed by atoms with van der Waals surface area (Å²) in [6, 6.07) is 4.08. The first-order valence-electron chi connectivity index (χ1n) is 6.56. The number of aromatic nitrogens is 3. The van der Waals surface area contributed by atoms with Crippen molar-refractivity contribution in [3.05, 3.63) is 24.5 Å². The molecule has 1 aliphatic heterocycles. The Balaban J connectivity index is 1.94. The van der Waals surface area contributed by atoms with Crippen LogP contribution in [-0.2, 0) is 0 Å². The van der Waals surface area contributed by atoms with Gasteiger partial charge in [0.2, 0.25) is 0 Å². The summed E-state index contributed by atoms with van der Waals surface area (Å²) in [4.78, 5) is 6.85. The molecule has 96 valence electrons. The fourth-order valence-electron chi connectivity index (χ4n) is 2.63. The van der Waals surface area contributed by atoms with Gasteiger partial charge in [-0.05, 0) is 18.9 Å². The van der Waals surface area contributed by atoms with E-state index in [1.807, 2.05) is 18.3 Å². The van der Waals surface area contributed by atoms with E-state index in [4.69, 9.17) is 0 Å². The van der Waals surface area contributed by atoms with Crippen LogP contribution >= 0.6 is 0 Å². The highest BCUT2D eigenvalue weighted by atomic mass is 16.3. The number of aliphatic hydroxyl groups is 1. The van der Waals surface area contributed by atoms with Gasteiger partial charge in [0.25, 0.3) is 0 Å². The fraction of sp³-hybridized carbons (Fsp3) is 0.538. The van der Waals surface area contributed by atoms with Crippen molar-refractivity contribution in [3.63, 3.8) is 0 Å². The van der Waals surface area contributed by atoms with Gasteiger partial charge in [0, 0.05) is 18.8 Å². The van der Waals surface area contributed by atoms with Crippen molar-refractivity contribution in [2.45, 2.75) is 31.7 Å². The zero-order valence-electron chi connectivity index (χ0n) is 10.4. The van der Waals surface area contributed by atoms with E-state index in [9.17, 15) is 5.11 Å². The zero-order valence-corrected chi connectivity index (χ0v) is 10.4. The molecule has 0 radical (unpaired) electrons. The van der Waals surface area contributed by atoms with Crippen LogP contribution in [0.4, 0.5) is 5.82 Å². The van der Waals surface area contributed by atoms with E-state index in [-0.39, 0.29) is 12.6 Å². The summed E-state index contributed by atoms with van der Waals surface area (Å²) in [5.41, 5.74) is 0.855. The SMILES string of the molecule is OCC1CCCCCN1c1ccn2nccc2n1. The Hall–Kier alpha value is -1.62. The highest BCUT2D eigenvalue weighted by Gasteiger charge is 2.21. The predicted octanol–water partition coefficient (Wildman–Crippen LogP) is 1.47. The largest absolute Gasteiger partial charge is 0.394 e. The Bertz CT molecular complexity index is 524. The maximum Gasteiger partial charge on any atom is 0.157 e. The van der Waals surface area contributed by atoms with Crippen molar-refractivity contribution >= 4 is 11.5 Å². The molecule has 1 N–H and O–H groups in total. The first-order chi connectivity index (χ1) is 8.88. The Labute approximate surface area is 106 Å². The van der Waals surface area contributed by atoms with Crippen molar-refractivity contribution in [1.29, 1.82) is 0 Å². The smallest absolute Gasteiger partial charge is 0.157 e. The summed E-state index contributed by atoms with van der Waals surface area (Å²) in [6.07, 6.45) is 8.32. The van der Waals surface area contributed by atoms with E-state index < -0.39 is 0 Å². The van der Waals surface area contributed by atoms with Gasteiger partial charge in [-0.2, -0.15) is 5.10 Å². The van der Waals surface area contributed by atoms with E-state index in [1.165, 1.54) is 19.3 Å². The summed E-state index contributed by atoms with van der Waals surface area (Å²) in [5, 5.41) is 13.7. The van der Waals surface area contributed by atoms with Gasteiger partial charge in [-0.1, -0.05) is 12.8 Å². The normalized spacial score (nSPS) is 21.2. The van der Waals surface area contributed by atoms with Crippen LogP contribution in [0.3, 0.4) is 0 Å². The molecule has 1 fully saturated rings. The molecule has 0 aromatic carbocycles. The highest BCUT2D eigenvalue weighted by molar-refractivity contribution is 5.48. The second kappa shape index (κ2) is 4.94. The molecule has 3 rings (SSSR count). The number of aliphatic hydroxyl groups excluding tert-OH is 1. The van der Waals surface area contributed by atoms with Gasteiger partial charge in [0.05, 0.1) is 18.8 Å². The second-order valence-corrected chi connectivity index (χ2v) is 4.80. The van der Waals surface area contributed by atoms with E-state index >= 15 is 0 Å². The van der Waals surface area contributed by atoms with Crippen molar-refractivity contribution in [1.82, 2.24) is 14.6 Å². The van der Waals surface area contributed by atoms with E-state index in [2.05, 4.69) is 15.0 Å². The Morgan fingerprint density at radius 2 is 2.22 bits per heavy atom. The molecule has 1 saturated heterocycles. The quantitative estimate of drug-likeness (QED) is 0.872. The summed E-state index contributed by atoms with van der Waals surface area (Å²) in [6.45, 7) is 1.18. The van der Waals surface area contributed by atoms with E-state index in [0.717, 1.165) is 24.4 Å². The van der Waals surface area contributed by atoms with Gasteiger partial charge in [-0.15, -0.1) is 0 Å². The minimum atomic E-state index is 0.199. The summed E-state index contributed by atoms with van der Waals surface area (Å²) in [7, 11) is 0. The van der Waals surface area contributed by atoms with Gasteiger partial charge in [-0.3, -0.25) is 0 Å². The van der Waals surface area contributed by atoms with Gasteiger partial charge in [0.1, 0.15) is 5.82 Å². The average molecular weight is 246 g/mol. The molecule has 0 amide bonds. The van der Waals surface area contributed by atoms with Crippen LogP contribution in [-0.4, -0.2) is 38.9 Å². The number of nitrogens with zero attached hydrogens (tertiary/aromatic N) is 4. The van der Waals surface area contributed by atoms with Crippen molar-refractivity contribution < 1.29 is 5.11 Å². The Kier molecular flexibility index (Phi) is 3.15. The highest BCUT2D eigenvalue weighted by Crippen LogP contribution is 2.22. The van der Waals surface area contributed by atoms with Crippen LogP contribution in [0, 0.1) is 0 Å². The molecule has 2 aromatic rings. The van der Waals surface area contributed by atoms with Crippen LogP contribution in [0.2, 0.25) is 0 Å². The molecule has 1 aliphatic rings. The minimum absolute atomic E-state index is 0.199. The molecule has 0 aliphatic carbocycles. The molecular formula is C13H18N4O. The van der Waals surface area contributed by atoms with Crippen LogP contribution in [0.5, 0.6) is 0 Å². The predicted molar refractivity (Wildman–Crippen MR) is 69.7 cm³/mol. The fourth-order valence-corrected chi connectivity index (χ4v) is 2.63. The summed E-state index contributed by atoms with van der Waals surface area (Å²) < 4.78 is 1.76. The van der Waals surface area contributed by atoms with E-state index in [0.29, 0.717) is 0 Å². The lowest BCUT2D eigenvalue weighted by atomic mass is 10.1. The van der Waals surface area contributed by atoms with Crippen molar-refractivity contribution in [3.8, 4) is 0 Å². The molecule has 3 heterocycles. The van der Waals surface area contributed by atoms with Crippen LogP contribution in [0.25, 0.3) is 5.65 Å². The molecule has 0 bridgehead atoms. The number of fused-ring (bicyclic) bond motifs is 1. The van der Waals surface area contributed by atoms with Crippen LogP contribution < -0.4 is 4.90 Å². The molecule has 1 unspecified atom stereocenters. The minimum Gasteiger partial charge on any atom is -0.394 e. The van der Waals surface area contributed by atoms with Gasteiger partial charge in [0.15, 0.2) is 5.65 Å². The molecule has 2 aromatic heterocycles. The molecule has 5 heteroatoms. The third-order valence-electron chi connectivity index (χ3n) is 3.63. The molecule has 18 heavy (non-hydrogen) atoms. The molecule has 5 nitrogen and oxygen atoms in total. The molecular weight excluding hydrogens is 228 g/mol. The van der Waals surface area contributed by atoms with Crippen LogP contribution in [0.1, 0.15) is 25.7 Å². The number of anilines is 1. The lowest BCUT2D eigenvalue weighted by Crippen LogP contribution is -2.38. The number of rotatable bonds is 2. The van der Waals surface area contributed by atoms with Gasteiger partial charge >= 0.3 is 0 Å². The Morgan fingerprint density at radius 1 is 1.28 bits per heavy atom. The third kappa shape index (κ3) is 2.06. The Morgan fingerprint density at radius 3 is 3.11 bits per heavy atom. The van der Waals surface area contributed by atoms with Crippen LogP contribution in [0.15, 0.2) is 24.5 Å². The van der Waals surface area contributed by atoms with Gasteiger partial charge < -0.3 is 10.0 Å². The standard InChI is InChI=1S/C13H18N4O/c18-10-11-4-2-1-3-8-16(11)12-6-9-17-13(15-12)5-7-14-17/h5-7,9,11,18H,1-4,8,10H2. The lowest BCUT2D eigenvalue weighted by Gasteiger charge is -2.29. The molecule has 1 atom stereocenters. The lowest BCUT2D eigenvalue weighted by molar-refractivity contribution is 0.254. The first kappa shape index (κ1) is 11.5. The second-order valence-electron chi connectivity index (χ2n) is 4.80. The van der Waals surface area contributed by atoms with Gasteiger partial charge in [-0.25, -0.2) is 9.50 Å². The number of hydrogen-bond donors (Lipinski definition) is 1. The zero-order chi connectivity index (χ0) is 12.4. The maximum atomic E-state index is 9.53. The molecule has 0 spiro atoms. The topological polar surface area (TPSA) is 53.7 Å². The average Bonchev–Trinajstić information content (AvgIpc) is 2.74. The summed E-state index contributed by atoms with van der Waals surface area (Å²) >= 11 is 0. The van der Waals surface area contributed by atoms with Crippen molar-refractivity contribution in [2.75, 3.05) is 18.1 Å². The monoisotopic (exact) mass is 246 g/mol. The number of hydrogen-bond acceptors (Lipinski definition) is 4. The summed E-state index contributed by atoms with van der Waals surface area (Å²) in [5.74, 6) is 0.948. The maximum absolute atomic E-state index is 9.53. The first-order valence-corrected chi connectivity index (χ1v) is 6.56.